The number of amides is 1. The van der Waals surface area contributed by atoms with Crippen LogP contribution in [0.4, 0.5) is 9.18 Å². The quantitative estimate of drug-likeness (QED) is 0.398. The van der Waals surface area contributed by atoms with Gasteiger partial charge in [-0.25, -0.2) is 9.18 Å². The Morgan fingerprint density at radius 1 is 1.21 bits per heavy atom. The monoisotopic (exact) mass is 392 g/mol. The summed E-state index contributed by atoms with van der Waals surface area (Å²) in [6, 6.07) is 4.49. The van der Waals surface area contributed by atoms with E-state index in [1.165, 1.54) is 12.1 Å². The summed E-state index contributed by atoms with van der Waals surface area (Å²) < 4.78 is 24.4. The molecule has 154 valence electrons. The summed E-state index contributed by atoms with van der Waals surface area (Å²) in [6.45, 7) is 8.92. The third kappa shape index (κ3) is 6.44. The number of carbonyl (C=O) groups excluding carboxylic acids is 1. The molecule has 0 fully saturated rings. The van der Waals surface area contributed by atoms with Gasteiger partial charge >= 0.3 is 6.09 Å². The molecule has 0 atom stereocenters. The molecule has 3 N–H and O–H groups in total. The highest BCUT2D eigenvalue weighted by atomic mass is 19.1. The number of alkyl carbamates (subject to hydrolysis) is 1. The van der Waals surface area contributed by atoms with Crippen LogP contribution < -0.4 is 16.0 Å². The maximum Gasteiger partial charge on any atom is 0.407 e. The largest absolute Gasteiger partial charge is 0.459 e. The van der Waals surface area contributed by atoms with Gasteiger partial charge in [-0.3, -0.25) is 4.99 Å². The van der Waals surface area contributed by atoms with Crippen molar-refractivity contribution in [3.05, 3.63) is 35.3 Å². The van der Waals surface area contributed by atoms with Crippen LogP contribution in [-0.4, -0.2) is 37.8 Å². The lowest BCUT2D eigenvalue weighted by Gasteiger charge is -2.19. The van der Waals surface area contributed by atoms with Crippen molar-refractivity contribution in [2.24, 2.45) is 4.99 Å². The number of aryl methyl sites for hydroxylation is 1. The van der Waals surface area contributed by atoms with Gasteiger partial charge in [-0.2, -0.15) is 0 Å². The number of nitrogens with zero attached hydrogens (tertiary/aromatic N) is 1. The van der Waals surface area contributed by atoms with Crippen molar-refractivity contribution < 1.29 is 18.3 Å². The molecule has 1 amide bonds. The number of guanidine groups is 1. The Kier molecular flexibility index (Phi) is 7.25. The molecular formula is C20H29FN4O3. The van der Waals surface area contributed by atoms with E-state index in [4.69, 9.17) is 9.15 Å². The molecular weight excluding hydrogens is 363 g/mol. The van der Waals surface area contributed by atoms with E-state index >= 15 is 0 Å². The predicted molar refractivity (Wildman–Crippen MR) is 108 cm³/mol. The normalized spacial score (nSPS) is 12.1. The smallest absolute Gasteiger partial charge is 0.407 e. The van der Waals surface area contributed by atoms with Gasteiger partial charge in [-0.05, 0) is 52.3 Å². The van der Waals surface area contributed by atoms with Crippen molar-refractivity contribution in [1.82, 2.24) is 16.0 Å². The van der Waals surface area contributed by atoms with Gasteiger partial charge in [-0.1, -0.05) is 0 Å². The van der Waals surface area contributed by atoms with Crippen molar-refractivity contribution >= 4 is 23.0 Å². The number of fused-ring (bicyclic) bond motifs is 1. The molecule has 0 aliphatic rings. The molecule has 1 aromatic carbocycles. The molecule has 0 spiro atoms. The minimum atomic E-state index is -0.505. The topological polar surface area (TPSA) is 87.9 Å². The first-order valence-corrected chi connectivity index (χ1v) is 9.28. The van der Waals surface area contributed by atoms with Crippen LogP contribution in [0.1, 0.15) is 38.5 Å². The van der Waals surface area contributed by atoms with E-state index in [0.717, 1.165) is 16.7 Å². The molecule has 8 heteroatoms. The highest BCUT2D eigenvalue weighted by Crippen LogP contribution is 2.25. The van der Waals surface area contributed by atoms with Crippen molar-refractivity contribution in [1.29, 1.82) is 0 Å². The molecule has 0 saturated heterocycles. The fourth-order valence-corrected chi connectivity index (χ4v) is 2.60. The van der Waals surface area contributed by atoms with E-state index in [2.05, 4.69) is 20.9 Å². The highest BCUT2D eigenvalue weighted by molar-refractivity contribution is 5.83. The molecule has 2 rings (SSSR count). The van der Waals surface area contributed by atoms with Crippen LogP contribution in [0.5, 0.6) is 0 Å². The van der Waals surface area contributed by atoms with Gasteiger partial charge in [0, 0.05) is 31.1 Å². The van der Waals surface area contributed by atoms with Gasteiger partial charge in [-0.15, -0.1) is 0 Å². The molecule has 2 aromatic rings. The zero-order chi connectivity index (χ0) is 20.7. The Hall–Kier alpha value is -2.77. The maximum absolute atomic E-state index is 13.4. The van der Waals surface area contributed by atoms with E-state index < -0.39 is 11.7 Å². The molecule has 0 unspecified atom stereocenters. The van der Waals surface area contributed by atoms with Crippen molar-refractivity contribution in [3.8, 4) is 0 Å². The number of carbonyl (C=O) groups is 1. The summed E-state index contributed by atoms with van der Waals surface area (Å²) in [5.41, 5.74) is 1.06. The number of hydrogen-bond donors (Lipinski definition) is 3. The number of rotatable bonds is 6. The molecule has 0 aliphatic heterocycles. The number of aliphatic imine (C=N–C) groups is 1. The number of nitrogens with one attached hydrogen (secondary N) is 3. The number of hydrogen-bond acceptors (Lipinski definition) is 4. The zero-order valence-corrected chi connectivity index (χ0v) is 17.1. The second-order valence-electron chi connectivity index (χ2n) is 7.43. The third-order valence-electron chi connectivity index (χ3n) is 3.95. The molecule has 1 aromatic heterocycles. The van der Waals surface area contributed by atoms with Gasteiger partial charge in [0.05, 0.1) is 6.54 Å². The molecule has 0 aliphatic carbocycles. The second kappa shape index (κ2) is 9.43. The first kappa shape index (κ1) is 21.5. The van der Waals surface area contributed by atoms with Crippen molar-refractivity contribution in [2.45, 2.75) is 46.3 Å². The van der Waals surface area contributed by atoms with Gasteiger partial charge in [0.2, 0.25) is 0 Å². The number of benzene rings is 1. The Morgan fingerprint density at radius 2 is 1.93 bits per heavy atom. The van der Waals surface area contributed by atoms with Gasteiger partial charge < -0.3 is 25.1 Å². The lowest BCUT2D eigenvalue weighted by molar-refractivity contribution is 0.0527. The van der Waals surface area contributed by atoms with Crippen molar-refractivity contribution in [3.63, 3.8) is 0 Å². The van der Waals surface area contributed by atoms with Crippen LogP contribution >= 0.6 is 0 Å². The standard InChI is InChI=1S/C20H29FN4O3/c1-13-15-11-14(21)7-8-16(15)27-17(13)12-25-18(22-5)23-9-6-10-24-19(26)28-20(2,3)4/h7-8,11H,6,9-10,12H2,1-5H3,(H,24,26)(H2,22,23,25). The van der Waals surface area contributed by atoms with Gasteiger partial charge in [0.1, 0.15) is 22.8 Å². The summed E-state index contributed by atoms with van der Waals surface area (Å²) in [4.78, 5) is 15.7. The summed E-state index contributed by atoms with van der Waals surface area (Å²) in [7, 11) is 1.68. The molecule has 1 heterocycles. The minimum Gasteiger partial charge on any atom is -0.459 e. The zero-order valence-electron chi connectivity index (χ0n) is 17.1. The summed E-state index contributed by atoms with van der Waals surface area (Å²) in [6.07, 6.45) is 0.287. The summed E-state index contributed by atoms with van der Waals surface area (Å²) in [5, 5.41) is 9.82. The number of ether oxygens (including phenoxy) is 1. The van der Waals surface area contributed by atoms with Crippen LogP contribution in [0.25, 0.3) is 11.0 Å². The average Bonchev–Trinajstić information content (AvgIpc) is 2.91. The Labute approximate surface area is 164 Å². The Balaban J connectivity index is 1.75. The first-order chi connectivity index (χ1) is 13.2. The number of halogens is 1. The highest BCUT2D eigenvalue weighted by Gasteiger charge is 2.15. The second-order valence-corrected chi connectivity index (χ2v) is 7.43. The Morgan fingerprint density at radius 3 is 2.61 bits per heavy atom. The van der Waals surface area contributed by atoms with Crippen LogP contribution in [-0.2, 0) is 11.3 Å². The molecule has 0 saturated carbocycles. The summed E-state index contributed by atoms with van der Waals surface area (Å²) in [5.74, 6) is 1.06. The number of furan rings is 1. The van der Waals surface area contributed by atoms with Crippen LogP contribution in [0, 0.1) is 12.7 Å². The van der Waals surface area contributed by atoms with Crippen molar-refractivity contribution in [2.75, 3.05) is 20.1 Å². The fourth-order valence-electron chi connectivity index (χ4n) is 2.60. The molecule has 0 bridgehead atoms. The Bertz CT molecular complexity index is 840. The van der Waals surface area contributed by atoms with E-state index in [9.17, 15) is 9.18 Å². The molecule has 28 heavy (non-hydrogen) atoms. The molecule has 7 nitrogen and oxygen atoms in total. The average molecular weight is 392 g/mol. The van der Waals surface area contributed by atoms with E-state index in [-0.39, 0.29) is 5.82 Å². The van der Waals surface area contributed by atoms with Crippen LogP contribution in [0.3, 0.4) is 0 Å². The SMILES string of the molecule is CN=C(NCCCNC(=O)OC(C)(C)C)NCc1oc2ccc(F)cc2c1C. The fraction of sp³-hybridized carbons (Fsp3) is 0.500. The molecule has 0 radical (unpaired) electrons. The third-order valence-corrected chi connectivity index (χ3v) is 3.95. The minimum absolute atomic E-state index is 0.284. The summed E-state index contributed by atoms with van der Waals surface area (Å²) >= 11 is 0. The van der Waals surface area contributed by atoms with E-state index in [1.807, 2.05) is 27.7 Å². The van der Waals surface area contributed by atoms with Crippen LogP contribution in [0.2, 0.25) is 0 Å². The van der Waals surface area contributed by atoms with Gasteiger partial charge in [0.15, 0.2) is 5.96 Å². The first-order valence-electron chi connectivity index (χ1n) is 9.28. The van der Waals surface area contributed by atoms with E-state index in [1.54, 1.807) is 13.1 Å². The maximum atomic E-state index is 13.4. The van der Waals surface area contributed by atoms with Gasteiger partial charge in [0.25, 0.3) is 0 Å². The lowest BCUT2D eigenvalue weighted by Crippen LogP contribution is -2.39. The predicted octanol–water partition coefficient (Wildman–Crippen LogP) is 3.46. The van der Waals surface area contributed by atoms with E-state index in [0.29, 0.717) is 37.6 Å². The van der Waals surface area contributed by atoms with Crippen LogP contribution in [0.15, 0.2) is 27.6 Å². The lowest BCUT2D eigenvalue weighted by atomic mass is 10.1.